The monoisotopic (exact) mass is 279 g/mol. The molecule has 0 aliphatic carbocycles. The summed E-state index contributed by atoms with van der Waals surface area (Å²) in [7, 11) is 1.50. The van der Waals surface area contributed by atoms with Gasteiger partial charge in [0.05, 0.1) is 0 Å². The van der Waals surface area contributed by atoms with E-state index < -0.39 is 18.5 Å². The maximum absolute atomic E-state index is 12.0. The number of amides is 3. The van der Waals surface area contributed by atoms with Crippen molar-refractivity contribution in [3.05, 3.63) is 30.3 Å². The SMILES string of the molecule is CNC(=O)CCNC(=O)N(CC(=O)O)c1ccccc1. The molecule has 0 saturated carbocycles. The van der Waals surface area contributed by atoms with E-state index in [1.54, 1.807) is 30.3 Å². The van der Waals surface area contributed by atoms with Gasteiger partial charge in [-0.05, 0) is 12.1 Å². The Morgan fingerprint density at radius 3 is 2.40 bits per heavy atom. The summed E-state index contributed by atoms with van der Waals surface area (Å²) in [6, 6.07) is 7.92. The molecule has 0 saturated heterocycles. The van der Waals surface area contributed by atoms with Gasteiger partial charge in [0.1, 0.15) is 6.54 Å². The molecule has 0 aliphatic heterocycles. The standard InChI is InChI=1S/C13H17N3O4/c1-14-11(17)7-8-15-13(20)16(9-12(18)19)10-5-3-2-4-6-10/h2-6H,7-9H2,1H3,(H,14,17)(H,15,20)(H,18,19). The third-order valence-electron chi connectivity index (χ3n) is 2.51. The van der Waals surface area contributed by atoms with Gasteiger partial charge >= 0.3 is 12.0 Å². The van der Waals surface area contributed by atoms with Crippen molar-refractivity contribution in [3.8, 4) is 0 Å². The summed E-state index contributed by atoms with van der Waals surface area (Å²) in [5.41, 5.74) is 0.479. The van der Waals surface area contributed by atoms with Crippen LogP contribution in [0.15, 0.2) is 30.3 Å². The summed E-state index contributed by atoms with van der Waals surface area (Å²) in [4.78, 5) is 34.9. The number of nitrogens with one attached hydrogen (secondary N) is 2. The molecule has 0 aromatic heterocycles. The lowest BCUT2D eigenvalue weighted by Crippen LogP contribution is -2.43. The molecule has 1 aromatic carbocycles. The second-order valence-electron chi connectivity index (χ2n) is 3.97. The molecule has 3 N–H and O–H groups in total. The number of hydrogen-bond donors (Lipinski definition) is 3. The molecule has 1 aromatic rings. The molecule has 0 heterocycles. The lowest BCUT2D eigenvalue weighted by Gasteiger charge is -2.21. The van der Waals surface area contributed by atoms with Gasteiger partial charge in [-0.2, -0.15) is 0 Å². The number of aliphatic carboxylic acids is 1. The molecule has 0 spiro atoms. The van der Waals surface area contributed by atoms with Crippen molar-refractivity contribution in [2.75, 3.05) is 25.0 Å². The van der Waals surface area contributed by atoms with E-state index in [1.807, 2.05) is 0 Å². The average Bonchev–Trinajstić information content (AvgIpc) is 2.45. The zero-order valence-corrected chi connectivity index (χ0v) is 11.1. The maximum Gasteiger partial charge on any atom is 0.323 e. The normalized spacial score (nSPS) is 9.65. The topological polar surface area (TPSA) is 98.7 Å². The highest BCUT2D eigenvalue weighted by Gasteiger charge is 2.18. The van der Waals surface area contributed by atoms with Gasteiger partial charge in [-0.3, -0.25) is 14.5 Å². The largest absolute Gasteiger partial charge is 0.480 e. The van der Waals surface area contributed by atoms with Crippen LogP contribution in [0.1, 0.15) is 6.42 Å². The first kappa shape index (κ1) is 15.5. The minimum atomic E-state index is -1.12. The molecule has 1 rings (SSSR count). The molecule has 0 atom stereocenters. The van der Waals surface area contributed by atoms with Gasteiger partial charge in [0.15, 0.2) is 0 Å². The number of carbonyl (C=O) groups excluding carboxylic acids is 2. The molecule has 0 aliphatic rings. The van der Waals surface area contributed by atoms with Crippen LogP contribution in [-0.2, 0) is 9.59 Å². The molecule has 20 heavy (non-hydrogen) atoms. The highest BCUT2D eigenvalue weighted by molar-refractivity contribution is 5.96. The van der Waals surface area contributed by atoms with Gasteiger partial charge in [-0.25, -0.2) is 4.79 Å². The second kappa shape index (κ2) is 7.78. The highest BCUT2D eigenvalue weighted by Crippen LogP contribution is 2.12. The fourth-order valence-electron chi connectivity index (χ4n) is 1.53. The number of urea groups is 1. The Balaban J connectivity index is 2.66. The van der Waals surface area contributed by atoms with Crippen LogP contribution in [0.25, 0.3) is 0 Å². The molecule has 3 amide bonds. The number of carboxylic acids is 1. The van der Waals surface area contributed by atoms with E-state index in [0.717, 1.165) is 4.90 Å². The molecule has 0 unspecified atom stereocenters. The smallest absolute Gasteiger partial charge is 0.323 e. The van der Waals surface area contributed by atoms with Crippen molar-refractivity contribution in [2.45, 2.75) is 6.42 Å². The molecule has 7 nitrogen and oxygen atoms in total. The summed E-state index contributed by atoms with van der Waals surface area (Å²) in [6.45, 7) is -0.308. The average molecular weight is 279 g/mol. The second-order valence-corrected chi connectivity index (χ2v) is 3.97. The predicted octanol–water partition coefficient (Wildman–Crippen LogP) is 0.423. The van der Waals surface area contributed by atoms with E-state index in [-0.39, 0.29) is 18.9 Å². The number of benzene rings is 1. The fourth-order valence-corrected chi connectivity index (χ4v) is 1.53. The number of carboxylic acid groups (broad SMARTS) is 1. The summed E-state index contributed by atoms with van der Waals surface area (Å²) < 4.78 is 0. The predicted molar refractivity (Wildman–Crippen MR) is 73.5 cm³/mol. The van der Waals surface area contributed by atoms with Crippen LogP contribution in [0.5, 0.6) is 0 Å². The Labute approximate surface area is 116 Å². The zero-order chi connectivity index (χ0) is 15.0. The van der Waals surface area contributed by atoms with E-state index in [1.165, 1.54) is 7.05 Å². The number of carbonyl (C=O) groups is 3. The summed E-state index contributed by atoms with van der Waals surface area (Å²) in [5, 5.41) is 13.8. The Morgan fingerprint density at radius 1 is 1.20 bits per heavy atom. The number of para-hydroxylation sites is 1. The Morgan fingerprint density at radius 2 is 1.85 bits per heavy atom. The summed E-state index contributed by atoms with van der Waals surface area (Å²) in [5.74, 6) is -1.31. The van der Waals surface area contributed by atoms with Crippen LogP contribution in [0.2, 0.25) is 0 Å². The van der Waals surface area contributed by atoms with Gasteiger partial charge in [-0.1, -0.05) is 18.2 Å². The third-order valence-corrected chi connectivity index (χ3v) is 2.51. The summed E-state index contributed by atoms with van der Waals surface area (Å²) >= 11 is 0. The first-order chi connectivity index (χ1) is 9.54. The van der Waals surface area contributed by atoms with E-state index in [9.17, 15) is 14.4 Å². The van der Waals surface area contributed by atoms with Crippen LogP contribution >= 0.6 is 0 Å². The minimum Gasteiger partial charge on any atom is -0.480 e. The van der Waals surface area contributed by atoms with Gasteiger partial charge in [0.25, 0.3) is 0 Å². The van der Waals surface area contributed by atoms with Crippen LogP contribution in [0.3, 0.4) is 0 Å². The van der Waals surface area contributed by atoms with Crippen molar-refractivity contribution in [3.63, 3.8) is 0 Å². The van der Waals surface area contributed by atoms with E-state index in [0.29, 0.717) is 5.69 Å². The van der Waals surface area contributed by atoms with Gasteiger partial charge in [0, 0.05) is 25.7 Å². The van der Waals surface area contributed by atoms with Gasteiger partial charge in [0.2, 0.25) is 5.91 Å². The summed E-state index contributed by atoms with van der Waals surface area (Å²) in [6.07, 6.45) is 0.137. The highest BCUT2D eigenvalue weighted by atomic mass is 16.4. The maximum atomic E-state index is 12.0. The Kier molecular flexibility index (Phi) is 6.02. The molecule has 0 radical (unpaired) electrons. The molecule has 0 fully saturated rings. The molecular formula is C13H17N3O4. The number of hydrogen-bond acceptors (Lipinski definition) is 3. The Bertz CT molecular complexity index is 476. The molecule has 7 heteroatoms. The Hall–Kier alpha value is -2.57. The van der Waals surface area contributed by atoms with E-state index in [4.69, 9.17) is 5.11 Å². The van der Waals surface area contributed by atoms with E-state index >= 15 is 0 Å². The van der Waals surface area contributed by atoms with Crippen LogP contribution in [0, 0.1) is 0 Å². The first-order valence-electron chi connectivity index (χ1n) is 6.07. The molecular weight excluding hydrogens is 262 g/mol. The van der Waals surface area contributed by atoms with Crippen LogP contribution in [-0.4, -0.2) is 43.2 Å². The number of rotatable bonds is 6. The number of nitrogens with zero attached hydrogens (tertiary/aromatic N) is 1. The molecule has 0 bridgehead atoms. The van der Waals surface area contributed by atoms with Crippen molar-refractivity contribution in [1.82, 2.24) is 10.6 Å². The lowest BCUT2D eigenvalue weighted by molar-refractivity contribution is -0.135. The fraction of sp³-hybridized carbons (Fsp3) is 0.308. The lowest BCUT2D eigenvalue weighted by atomic mass is 10.3. The molecule has 108 valence electrons. The van der Waals surface area contributed by atoms with Crippen molar-refractivity contribution in [2.24, 2.45) is 0 Å². The quantitative estimate of drug-likeness (QED) is 0.703. The van der Waals surface area contributed by atoms with E-state index in [2.05, 4.69) is 10.6 Å². The minimum absolute atomic E-state index is 0.137. The van der Waals surface area contributed by atoms with Crippen molar-refractivity contribution >= 4 is 23.6 Å². The van der Waals surface area contributed by atoms with Crippen LogP contribution < -0.4 is 15.5 Å². The van der Waals surface area contributed by atoms with Gasteiger partial charge < -0.3 is 15.7 Å². The number of anilines is 1. The third kappa shape index (κ3) is 4.97. The van der Waals surface area contributed by atoms with Crippen molar-refractivity contribution in [1.29, 1.82) is 0 Å². The zero-order valence-electron chi connectivity index (χ0n) is 11.1. The van der Waals surface area contributed by atoms with Gasteiger partial charge in [-0.15, -0.1) is 0 Å². The first-order valence-corrected chi connectivity index (χ1v) is 6.07. The van der Waals surface area contributed by atoms with Crippen molar-refractivity contribution < 1.29 is 19.5 Å². The van der Waals surface area contributed by atoms with Crippen LogP contribution in [0.4, 0.5) is 10.5 Å².